The van der Waals surface area contributed by atoms with Crippen LogP contribution in [0, 0.1) is 20.2 Å². The third-order valence-corrected chi connectivity index (χ3v) is 5.97. The van der Waals surface area contributed by atoms with Crippen molar-refractivity contribution in [1.29, 1.82) is 0 Å². The summed E-state index contributed by atoms with van der Waals surface area (Å²) in [5.74, 6) is -1.60. The molecule has 220 valence electrons. The van der Waals surface area contributed by atoms with Crippen molar-refractivity contribution in [2.24, 2.45) is 0 Å². The SMILES string of the molecule is O=C(O)c1cccc([N+](=O)[O-])c1C(=O)Nc1ccc(Oc2ccc(NOCc3c(COO)cccc3[N+](=O)[O-])cc2)cc1. The van der Waals surface area contributed by atoms with E-state index in [0.29, 0.717) is 22.7 Å². The molecular weight excluding hydrogens is 568 g/mol. The number of benzene rings is 4. The van der Waals surface area contributed by atoms with Gasteiger partial charge in [0.05, 0.1) is 26.7 Å². The second-order valence-electron chi connectivity index (χ2n) is 8.70. The van der Waals surface area contributed by atoms with E-state index in [1.807, 2.05) is 0 Å². The van der Waals surface area contributed by atoms with Crippen LogP contribution in [0.1, 0.15) is 31.8 Å². The molecule has 0 radical (unpaired) electrons. The van der Waals surface area contributed by atoms with Crippen molar-refractivity contribution in [3.05, 3.63) is 127 Å². The van der Waals surface area contributed by atoms with Gasteiger partial charge in [-0.15, -0.1) is 0 Å². The van der Waals surface area contributed by atoms with Gasteiger partial charge in [0.25, 0.3) is 17.3 Å². The number of amides is 1. The molecule has 0 saturated heterocycles. The number of nitro groups is 2. The Bertz CT molecular complexity index is 1630. The molecule has 0 unspecified atom stereocenters. The minimum atomic E-state index is -1.48. The van der Waals surface area contributed by atoms with E-state index in [1.54, 1.807) is 30.3 Å². The molecule has 0 aliphatic carbocycles. The van der Waals surface area contributed by atoms with Crippen LogP contribution in [-0.2, 0) is 22.9 Å². The predicted octanol–water partition coefficient (Wildman–Crippen LogP) is 5.78. The summed E-state index contributed by atoms with van der Waals surface area (Å²) in [5.41, 5.74) is 2.17. The number of carboxylic acid groups (broad SMARTS) is 1. The van der Waals surface area contributed by atoms with Gasteiger partial charge >= 0.3 is 5.97 Å². The summed E-state index contributed by atoms with van der Waals surface area (Å²) in [4.78, 5) is 55.1. The highest BCUT2D eigenvalue weighted by Crippen LogP contribution is 2.28. The van der Waals surface area contributed by atoms with Crippen molar-refractivity contribution in [1.82, 2.24) is 0 Å². The van der Waals surface area contributed by atoms with Crippen molar-refractivity contribution >= 4 is 34.6 Å². The van der Waals surface area contributed by atoms with Crippen LogP contribution in [0.3, 0.4) is 0 Å². The van der Waals surface area contributed by atoms with Gasteiger partial charge in [-0.05, 0) is 60.2 Å². The maximum Gasteiger partial charge on any atom is 0.336 e. The number of nitrogens with zero attached hydrogens (tertiary/aromatic N) is 2. The molecule has 0 atom stereocenters. The summed E-state index contributed by atoms with van der Waals surface area (Å²) in [7, 11) is 0. The maximum absolute atomic E-state index is 12.7. The van der Waals surface area contributed by atoms with Crippen LogP contribution in [0.15, 0.2) is 84.9 Å². The van der Waals surface area contributed by atoms with E-state index in [9.17, 15) is 34.9 Å². The molecule has 4 rings (SSSR count). The number of nitro benzene ring substituents is 2. The van der Waals surface area contributed by atoms with Gasteiger partial charge in [-0.2, -0.15) is 0 Å². The molecular formula is C28H22N4O11. The van der Waals surface area contributed by atoms with Gasteiger partial charge in [-0.3, -0.25) is 40.6 Å². The zero-order valence-corrected chi connectivity index (χ0v) is 22.0. The minimum Gasteiger partial charge on any atom is -0.478 e. The molecule has 15 heteroatoms. The highest BCUT2D eigenvalue weighted by Gasteiger charge is 2.27. The molecule has 0 heterocycles. The Morgan fingerprint density at radius 1 is 0.767 bits per heavy atom. The Balaban J connectivity index is 1.36. The van der Waals surface area contributed by atoms with Crippen molar-refractivity contribution in [3.63, 3.8) is 0 Å². The molecule has 0 aromatic heterocycles. The average Bonchev–Trinajstić information content (AvgIpc) is 2.99. The summed E-state index contributed by atoms with van der Waals surface area (Å²) in [6, 6.07) is 20.2. The average molecular weight is 591 g/mol. The fourth-order valence-electron chi connectivity index (χ4n) is 3.99. The van der Waals surface area contributed by atoms with Gasteiger partial charge in [0, 0.05) is 17.8 Å². The van der Waals surface area contributed by atoms with Crippen LogP contribution >= 0.6 is 0 Å². The van der Waals surface area contributed by atoms with Crippen molar-refractivity contribution in [3.8, 4) is 11.5 Å². The van der Waals surface area contributed by atoms with Crippen molar-refractivity contribution < 1.29 is 44.3 Å². The standard InChI is InChI=1S/C28H22N4O11/c33-27(26-22(28(34)35)4-2-6-25(26)32(38)39)29-18-7-11-20(12-8-18)43-21-13-9-19(10-14-21)30-41-16-23-17(15-42-40)3-1-5-24(23)31(36)37/h1-14,30,40H,15-16H2,(H,29,33)(H,34,35). The molecule has 4 aromatic rings. The Morgan fingerprint density at radius 3 is 1.93 bits per heavy atom. The molecule has 0 spiro atoms. The Morgan fingerprint density at radius 2 is 1.35 bits per heavy atom. The van der Waals surface area contributed by atoms with E-state index in [0.717, 1.165) is 12.1 Å². The third kappa shape index (κ3) is 7.44. The molecule has 1 amide bonds. The largest absolute Gasteiger partial charge is 0.478 e. The predicted molar refractivity (Wildman–Crippen MR) is 150 cm³/mol. The number of carbonyl (C=O) groups excluding carboxylic acids is 1. The molecule has 0 fully saturated rings. The van der Waals surface area contributed by atoms with E-state index in [4.69, 9.17) is 14.8 Å². The van der Waals surface area contributed by atoms with E-state index < -0.39 is 38.5 Å². The van der Waals surface area contributed by atoms with Gasteiger partial charge in [0.1, 0.15) is 30.3 Å². The maximum atomic E-state index is 12.7. The number of anilines is 2. The number of ether oxygens (including phenoxy) is 1. The number of carboxylic acids is 1. The lowest BCUT2D eigenvalue weighted by Crippen LogP contribution is -2.18. The summed E-state index contributed by atoms with van der Waals surface area (Å²) in [6.45, 7) is -0.437. The van der Waals surface area contributed by atoms with E-state index >= 15 is 0 Å². The number of rotatable bonds is 13. The summed E-state index contributed by atoms with van der Waals surface area (Å²) >= 11 is 0. The summed E-state index contributed by atoms with van der Waals surface area (Å²) in [6.07, 6.45) is 0. The number of nitrogens with one attached hydrogen (secondary N) is 2. The molecule has 0 bridgehead atoms. The van der Waals surface area contributed by atoms with E-state index in [2.05, 4.69) is 15.7 Å². The highest BCUT2D eigenvalue weighted by atomic mass is 17.1. The normalized spacial score (nSPS) is 10.5. The first-order chi connectivity index (χ1) is 20.7. The van der Waals surface area contributed by atoms with Crippen LogP contribution in [0.4, 0.5) is 22.7 Å². The van der Waals surface area contributed by atoms with Crippen LogP contribution in [-0.4, -0.2) is 32.1 Å². The topological polar surface area (TPSA) is 213 Å². The minimum absolute atomic E-state index is 0.183. The first-order valence-electron chi connectivity index (χ1n) is 12.3. The summed E-state index contributed by atoms with van der Waals surface area (Å²) < 4.78 is 5.78. The molecule has 43 heavy (non-hydrogen) atoms. The Hall–Kier alpha value is -5.90. The first-order valence-corrected chi connectivity index (χ1v) is 12.3. The lowest BCUT2D eigenvalue weighted by molar-refractivity contribution is -0.386. The lowest BCUT2D eigenvalue weighted by atomic mass is 10.0. The molecule has 4 N–H and O–H groups in total. The van der Waals surface area contributed by atoms with E-state index in [1.165, 1.54) is 42.5 Å². The monoisotopic (exact) mass is 590 g/mol. The molecule has 4 aromatic carbocycles. The molecule has 0 aliphatic heterocycles. The van der Waals surface area contributed by atoms with Gasteiger partial charge in [-0.1, -0.05) is 18.2 Å². The quantitative estimate of drug-likeness (QED) is 0.0828. The Kier molecular flexibility index (Phi) is 9.54. The highest BCUT2D eigenvalue weighted by molar-refractivity contribution is 6.13. The van der Waals surface area contributed by atoms with E-state index in [-0.39, 0.29) is 30.2 Å². The fourth-order valence-corrected chi connectivity index (χ4v) is 3.99. The van der Waals surface area contributed by atoms with Crippen LogP contribution in [0.2, 0.25) is 0 Å². The Labute approximate surface area is 242 Å². The molecule has 0 saturated carbocycles. The fraction of sp³-hybridized carbons (Fsp3) is 0.0714. The second kappa shape index (κ2) is 13.6. The lowest BCUT2D eigenvalue weighted by Gasteiger charge is -2.12. The van der Waals surface area contributed by atoms with Gasteiger partial charge in [0.15, 0.2) is 0 Å². The number of hydrogen-bond acceptors (Lipinski definition) is 11. The number of aromatic carboxylic acids is 1. The van der Waals surface area contributed by atoms with Crippen molar-refractivity contribution in [2.75, 3.05) is 10.8 Å². The van der Waals surface area contributed by atoms with Crippen LogP contribution < -0.4 is 15.5 Å². The smallest absolute Gasteiger partial charge is 0.336 e. The first kappa shape index (κ1) is 30.1. The van der Waals surface area contributed by atoms with Gasteiger partial charge in [-0.25, -0.2) is 9.68 Å². The zero-order valence-electron chi connectivity index (χ0n) is 22.0. The van der Waals surface area contributed by atoms with Gasteiger partial charge < -0.3 is 15.2 Å². The number of hydrogen-bond donors (Lipinski definition) is 4. The van der Waals surface area contributed by atoms with Crippen LogP contribution in [0.25, 0.3) is 0 Å². The van der Waals surface area contributed by atoms with Crippen LogP contribution in [0.5, 0.6) is 11.5 Å². The molecule has 15 nitrogen and oxygen atoms in total. The zero-order chi connectivity index (χ0) is 30.9. The number of carbonyl (C=O) groups is 2. The molecule has 0 aliphatic rings. The summed E-state index contributed by atoms with van der Waals surface area (Å²) in [5, 5.41) is 43.3. The third-order valence-electron chi connectivity index (χ3n) is 5.97. The second-order valence-corrected chi connectivity index (χ2v) is 8.70. The van der Waals surface area contributed by atoms with Gasteiger partial charge in [0.2, 0.25) is 0 Å². The van der Waals surface area contributed by atoms with Crippen molar-refractivity contribution in [2.45, 2.75) is 13.2 Å².